The maximum absolute atomic E-state index is 12.5. The fourth-order valence-electron chi connectivity index (χ4n) is 2.43. The fraction of sp³-hybridized carbons (Fsp3) is 0.412. The molecule has 0 radical (unpaired) electrons. The maximum Gasteiger partial charge on any atom is 0.318 e. The molecular formula is C17H23ClN4O2. The highest BCUT2D eigenvalue weighted by molar-refractivity contribution is 6.30. The molecule has 2 rings (SSSR count). The number of H-pyrrole nitrogens is 1. The second-order valence-corrected chi connectivity index (χ2v) is 6.11. The first kappa shape index (κ1) is 18.1. The molecular weight excluding hydrogens is 328 g/mol. The Morgan fingerprint density at radius 2 is 2.25 bits per heavy atom. The van der Waals surface area contributed by atoms with Gasteiger partial charge in [0.2, 0.25) is 0 Å². The molecule has 1 aromatic carbocycles. The molecule has 0 aliphatic carbocycles. The van der Waals surface area contributed by atoms with Gasteiger partial charge in [0.25, 0.3) is 0 Å². The van der Waals surface area contributed by atoms with Crippen LogP contribution in [-0.4, -0.2) is 35.1 Å². The number of amides is 2. The van der Waals surface area contributed by atoms with Crippen LogP contribution in [0.5, 0.6) is 5.75 Å². The van der Waals surface area contributed by atoms with Gasteiger partial charge in [-0.25, -0.2) is 9.78 Å². The number of carbonyl (C=O) groups excluding carboxylic acids is 1. The van der Waals surface area contributed by atoms with Gasteiger partial charge in [-0.3, -0.25) is 0 Å². The Morgan fingerprint density at radius 3 is 2.83 bits per heavy atom. The quantitative estimate of drug-likeness (QED) is 0.835. The Balaban J connectivity index is 2.05. The van der Waals surface area contributed by atoms with Crippen molar-refractivity contribution >= 4 is 17.6 Å². The van der Waals surface area contributed by atoms with Crippen LogP contribution in [0.25, 0.3) is 0 Å². The van der Waals surface area contributed by atoms with E-state index in [1.807, 2.05) is 13.8 Å². The second kappa shape index (κ2) is 8.06. The monoisotopic (exact) mass is 350 g/mol. The average Bonchev–Trinajstić information content (AvgIpc) is 2.98. The maximum atomic E-state index is 12.5. The molecule has 1 heterocycles. The van der Waals surface area contributed by atoms with E-state index in [9.17, 15) is 4.79 Å². The molecule has 0 saturated heterocycles. The SMILES string of the molecule is CC[C@H](NC(=O)N(C)Cc1cc(Cl)ccc1OC)c1ncc(C)[nH]1. The highest BCUT2D eigenvalue weighted by atomic mass is 35.5. The molecule has 1 atom stereocenters. The highest BCUT2D eigenvalue weighted by Gasteiger charge is 2.19. The van der Waals surface area contributed by atoms with E-state index in [4.69, 9.17) is 16.3 Å². The van der Waals surface area contributed by atoms with Gasteiger partial charge in [-0.2, -0.15) is 0 Å². The Bertz CT molecular complexity index is 702. The molecule has 2 aromatic rings. The molecule has 6 nitrogen and oxygen atoms in total. The van der Waals surface area contributed by atoms with E-state index < -0.39 is 0 Å². The zero-order chi connectivity index (χ0) is 17.7. The van der Waals surface area contributed by atoms with Gasteiger partial charge in [0.05, 0.1) is 19.7 Å². The third-order valence-electron chi connectivity index (χ3n) is 3.76. The van der Waals surface area contributed by atoms with E-state index in [0.717, 1.165) is 23.5 Å². The summed E-state index contributed by atoms with van der Waals surface area (Å²) in [4.78, 5) is 21.5. The lowest BCUT2D eigenvalue weighted by Gasteiger charge is -2.23. The molecule has 0 aliphatic heterocycles. The largest absolute Gasteiger partial charge is 0.496 e. The predicted molar refractivity (Wildman–Crippen MR) is 94.4 cm³/mol. The lowest BCUT2D eigenvalue weighted by molar-refractivity contribution is 0.201. The Kier molecular flexibility index (Phi) is 6.09. The fourth-order valence-corrected chi connectivity index (χ4v) is 2.63. The van der Waals surface area contributed by atoms with Crippen molar-refractivity contribution in [3.8, 4) is 5.75 Å². The van der Waals surface area contributed by atoms with Crippen LogP contribution in [0.3, 0.4) is 0 Å². The number of halogens is 1. The number of ether oxygens (including phenoxy) is 1. The summed E-state index contributed by atoms with van der Waals surface area (Å²) in [6.45, 7) is 4.33. The number of nitrogens with one attached hydrogen (secondary N) is 2. The minimum Gasteiger partial charge on any atom is -0.496 e. The molecule has 0 saturated carbocycles. The Labute approximate surface area is 147 Å². The summed E-state index contributed by atoms with van der Waals surface area (Å²) in [6.07, 6.45) is 2.50. The first-order valence-electron chi connectivity index (χ1n) is 7.80. The summed E-state index contributed by atoms with van der Waals surface area (Å²) >= 11 is 6.04. The number of methoxy groups -OCH3 is 1. The van der Waals surface area contributed by atoms with Crippen molar-refractivity contribution in [1.29, 1.82) is 0 Å². The van der Waals surface area contributed by atoms with Gasteiger partial charge in [-0.15, -0.1) is 0 Å². The summed E-state index contributed by atoms with van der Waals surface area (Å²) in [5.41, 5.74) is 1.82. The summed E-state index contributed by atoms with van der Waals surface area (Å²) in [5.74, 6) is 1.46. The van der Waals surface area contributed by atoms with Gasteiger partial charge < -0.3 is 19.9 Å². The van der Waals surface area contributed by atoms with Crippen LogP contribution in [0, 0.1) is 6.92 Å². The number of nitrogens with zero attached hydrogens (tertiary/aromatic N) is 2. The number of urea groups is 1. The smallest absolute Gasteiger partial charge is 0.318 e. The third-order valence-corrected chi connectivity index (χ3v) is 3.99. The number of carbonyl (C=O) groups is 1. The molecule has 0 spiro atoms. The summed E-state index contributed by atoms with van der Waals surface area (Å²) in [6, 6.07) is 5.02. The summed E-state index contributed by atoms with van der Waals surface area (Å²) in [5, 5.41) is 3.60. The molecule has 0 bridgehead atoms. The van der Waals surface area contributed by atoms with E-state index in [-0.39, 0.29) is 12.1 Å². The van der Waals surface area contributed by atoms with Crippen molar-refractivity contribution in [3.63, 3.8) is 0 Å². The van der Waals surface area contributed by atoms with Gasteiger partial charge >= 0.3 is 6.03 Å². The molecule has 0 fully saturated rings. The molecule has 130 valence electrons. The molecule has 0 aliphatic rings. The first-order valence-corrected chi connectivity index (χ1v) is 8.18. The number of aromatic nitrogens is 2. The lowest BCUT2D eigenvalue weighted by atomic mass is 10.2. The van der Waals surface area contributed by atoms with Gasteiger partial charge in [-0.05, 0) is 31.5 Å². The van der Waals surface area contributed by atoms with E-state index >= 15 is 0 Å². The topological polar surface area (TPSA) is 70.2 Å². The molecule has 2 amide bonds. The Hall–Kier alpha value is -2.21. The highest BCUT2D eigenvalue weighted by Crippen LogP contribution is 2.24. The van der Waals surface area contributed by atoms with Crippen LogP contribution >= 0.6 is 11.6 Å². The van der Waals surface area contributed by atoms with Gasteiger partial charge in [-0.1, -0.05) is 18.5 Å². The van der Waals surface area contributed by atoms with Crippen molar-refractivity contribution in [2.75, 3.05) is 14.2 Å². The average molecular weight is 351 g/mol. The van der Waals surface area contributed by atoms with Crippen LogP contribution in [0.2, 0.25) is 5.02 Å². The van der Waals surface area contributed by atoms with Gasteiger partial charge in [0.15, 0.2) is 0 Å². The molecule has 24 heavy (non-hydrogen) atoms. The Morgan fingerprint density at radius 1 is 1.50 bits per heavy atom. The molecule has 7 heteroatoms. The van der Waals surface area contributed by atoms with Crippen LogP contribution in [0.1, 0.15) is 36.5 Å². The van der Waals surface area contributed by atoms with Crippen LogP contribution in [0.4, 0.5) is 4.79 Å². The van der Waals surface area contributed by atoms with E-state index in [1.165, 1.54) is 0 Å². The summed E-state index contributed by atoms with van der Waals surface area (Å²) in [7, 11) is 3.33. The molecule has 0 unspecified atom stereocenters. The minimum atomic E-state index is -0.182. The number of benzene rings is 1. The van der Waals surface area contributed by atoms with Gasteiger partial charge in [0, 0.05) is 29.5 Å². The minimum absolute atomic E-state index is 0.157. The number of imidazole rings is 1. The number of hydrogen-bond acceptors (Lipinski definition) is 3. The van der Waals surface area contributed by atoms with E-state index in [0.29, 0.717) is 17.3 Å². The molecule has 2 N–H and O–H groups in total. The number of rotatable bonds is 6. The van der Waals surface area contributed by atoms with Crippen molar-refractivity contribution in [1.82, 2.24) is 20.2 Å². The van der Waals surface area contributed by atoms with Crippen LogP contribution in [0.15, 0.2) is 24.4 Å². The zero-order valence-corrected chi connectivity index (χ0v) is 15.1. The number of aryl methyl sites for hydroxylation is 1. The second-order valence-electron chi connectivity index (χ2n) is 5.67. The van der Waals surface area contributed by atoms with Gasteiger partial charge in [0.1, 0.15) is 11.6 Å². The molecule has 1 aromatic heterocycles. The van der Waals surface area contributed by atoms with Crippen molar-refractivity contribution in [2.45, 2.75) is 32.9 Å². The lowest BCUT2D eigenvalue weighted by Crippen LogP contribution is -2.39. The summed E-state index contributed by atoms with van der Waals surface area (Å²) < 4.78 is 5.32. The third kappa shape index (κ3) is 4.41. The van der Waals surface area contributed by atoms with E-state index in [2.05, 4.69) is 15.3 Å². The predicted octanol–water partition coefficient (Wildman–Crippen LogP) is 3.67. The number of aromatic amines is 1. The van der Waals surface area contributed by atoms with Crippen molar-refractivity contribution in [3.05, 3.63) is 46.5 Å². The van der Waals surface area contributed by atoms with Crippen LogP contribution < -0.4 is 10.1 Å². The number of hydrogen-bond donors (Lipinski definition) is 2. The standard InChI is InChI=1S/C17H23ClN4O2/c1-5-14(16-19-9-11(2)20-16)21-17(23)22(3)10-12-8-13(18)6-7-15(12)24-4/h6-9,14H,5,10H2,1-4H3,(H,19,20)(H,21,23)/t14-/m0/s1. The first-order chi connectivity index (χ1) is 11.4. The zero-order valence-electron chi connectivity index (χ0n) is 14.4. The van der Waals surface area contributed by atoms with Crippen molar-refractivity contribution < 1.29 is 9.53 Å². The normalized spacial score (nSPS) is 11.9. The van der Waals surface area contributed by atoms with E-state index in [1.54, 1.807) is 43.5 Å². The van der Waals surface area contributed by atoms with Crippen molar-refractivity contribution in [2.24, 2.45) is 0 Å². The van der Waals surface area contributed by atoms with Crippen LogP contribution in [-0.2, 0) is 6.54 Å².